The fourth-order valence-corrected chi connectivity index (χ4v) is 2.37. The number of carbonyl (C=O) groups is 1. The molecule has 1 aromatic carbocycles. The molecule has 0 bridgehead atoms. The van der Waals surface area contributed by atoms with E-state index < -0.39 is 11.2 Å². The van der Waals surface area contributed by atoms with E-state index in [2.05, 4.69) is 0 Å². The molecule has 0 unspecified atom stereocenters. The van der Waals surface area contributed by atoms with Gasteiger partial charge in [-0.2, -0.15) is 0 Å². The number of nitrogens with zero attached hydrogens (tertiary/aromatic N) is 3. The van der Waals surface area contributed by atoms with E-state index in [0.29, 0.717) is 18.7 Å². The van der Waals surface area contributed by atoms with E-state index in [-0.39, 0.29) is 5.91 Å². The van der Waals surface area contributed by atoms with Gasteiger partial charge in [-0.05, 0) is 18.6 Å². The molecule has 0 aliphatic rings. The van der Waals surface area contributed by atoms with Crippen LogP contribution in [0.3, 0.4) is 0 Å². The Bertz CT molecular complexity index is 863. The molecule has 0 spiro atoms. The van der Waals surface area contributed by atoms with Gasteiger partial charge >= 0.3 is 5.69 Å². The molecule has 2 rings (SSSR count). The second kappa shape index (κ2) is 7.59. The van der Waals surface area contributed by atoms with Gasteiger partial charge in [0.05, 0.1) is 5.56 Å². The number of hydrogen-bond acceptors (Lipinski definition) is 3. The molecule has 0 atom stereocenters. The second-order valence-electron chi connectivity index (χ2n) is 5.51. The molecule has 24 heavy (non-hydrogen) atoms. The summed E-state index contributed by atoms with van der Waals surface area (Å²) in [7, 11) is 2.98. The van der Waals surface area contributed by atoms with Gasteiger partial charge in [0.1, 0.15) is 0 Å². The minimum atomic E-state index is -0.423. The molecule has 2 aromatic rings. The molecule has 0 saturated carbocycles. The minimum Gasteiger partial charge on any atom is -0.335 e. The zero-order valence-electron chi connectivity index (χ0n) is 14.1. The quantitative estimate of drug-likeness (QED) is 0.774. The molecule has 0 aliphatic heterocycles. The molecule has 1 heterocycles. The number of hydrogen-bond donors (Lipinski definition) is 0. The smallest absolute Gasteiger partial charge is 0.330 e. The van der Waals surface area contributed by atoms with Crippen molar-refractivity contribution in [1.82, 2.24) is 14.0 Å². The molecule has 0 fully saturated rings. The lowest BCUT2D eigenvalue weighted by Gasteiger charge is -2.19. The third kappa shape index (κ3) is 3.90. The number of benzene rings is 1. The largest absolute Gasteiger partial charge is 0.335 e. The lowest BCUT2D eigenvalue weighted by Crippen LogP contribution is -2.37. The Balaban J connectivity index is 2.20. The highest BCUT2D eigenvalue weighted by atomic mass is 16.2. The van der Waals surface area contributed by atoms with Crippen LogP contribution < -0.4 is 11.2 Å². The van der Waals surface area contributed by atoms with Crippen LogP contribution in [0.5, 0.6) is 0 Å². The first-order valence-corrected chi connectivity index (χ1v) is 7.71. The maximum Gasteiger partial charge on any atom is 0.330 e. The zero-order valence-corrected chi connectivity index (χ0v) is 14.1. The van der Waals surface area contributed by atoms with Crippen molar-refractivity contribution >= 4 is 12.0 Å². The summed E-state index contributed by atoms with van der Waals surface area (Å²) in [6, 6.07) is 9.71. The summed E-state index contributed by atoms with van der Waals surface area (Å²) in [6.45, 7) is 2.97. The highest BCUT2D eigenvalue weighted by Crippen LogP contribution is 2.05. The number of aromatic nitrogens is 2. The first-order valence-electron chi connectivity index (χ1n) is 7.71. The van der Waals surface area contributed by atoms with Crippen molar-refractivity contribution < 1.29 is 4.79 Å². The van der Waals surface area contributed by atoms with Crippen molar-refractivity contribution in [3.63, 3.8) is 0 Å². The van der Waals surface area contributed by atoms with E-state index in [1.54, 1.807) is 11.9 Å². The van der Waals surface area contributed by atoms with Crippen molar-refractivity contribution in [2.75, 3.05) is 6.54 Å². The lowest BCUT2D eigenvalue weighted by molar-refractivity contribution is -0.126. The molecule has 1 aromatic heterocycles. The Morgan fingerprint density at radius 3 is 2.46 bits per heavy atom. The molecular weight excluding hydrogens is 306 g/mol. The van der Waals surface area contributed by atoms with E-state index in [1.165, 1.54) is 30.0 Å². The van der Waals surface area contributed by atoms with Crippen LogP contribution in [-0.4, -0.2) is 26.5 Å². The molecule has 1 amide bonds. The summed E-state index contributed by atoms with van der Waals surface area (Å²) in [5.41, 5.74) is 0.513. The fourth-order valence-electron chi connectivity index (χ4n) is 2.37. The summed E-state index contributed by atoms with van der Waals surface area (Å²) in [4.78, 5) is 37.8. The van der Waals surface area contributed by atoms with Crippen LogP contribution in [0, 0.1) is 0 Å². The average Bonchev–Trinajstić information content (AvgIpc) is 2.60. The molecule has 0 aliphatic carbocycles. The van der Waals surface area contributed by atoms with Crippen LogP contribution >= 0.6 is 0 Å². The Labute approximate surface area is 140 Å². The monoisotopic (exact) mass is 327 g/mol. The van der Waals surface area contributed by atoms with Gasteiger partial charge in [-0.15, -0.1) is 0 Å². The van der Waals surface area contributed by atoms with E-state index in [1.807, 2.05) is 37.3 Å². The number of aryl methyl sites for hydroxylation is 1. The molecule has 0 N–H and O–H groups in total. The van der Waals surface area contributed by atoms with Crippen molar-refractivity contribution in [2.24, 2.45) is 14.1 Å². The van der Waals surface area contributed by atoms with Crippen LogP contribution in [0.15, 0.2) is 52.2 Å². The molecular formula is C18H21N3O3. The van der Waals surface area contributed by atoms with Gasteiger partial charge in [-0.1, -0.05) is 30.3 Å². The zero-order chi connectivity index (χ0) is 17.7. The summed E-state index contributed by atoms with van der Waals surface area (Å²) >= 11 is 0. The standard InChI is InChI=1S/C18H21N3O3/c1-4-21(12-14-8-6-5-7-9-14)16(22)11-10-15-13-19(2)18(24)20(3)17(15)23/h5-11,13H,4,12H2,1-3H3/b11-10+. The summed E-state index contributed by atoms with van der Waals surface area (Å²) in [5, 5.41) is 0. The highest BCUT2D eigenvalue weighted by molar-refractivity contribution is 5.91. The van der Waals surface area contributed by atoms with E-state index in [0.717, 1.165) is 10.1 Å². The predicted octanol–water partition coefficient (Wildman–Crippen LogP) is 1.15. The third-order valence-electron chi connectivity index (χ3n) is 3.79. The Morgan fingerprint density at radius 1 is 1.17 bits per heavy atom. The Kier molecular flexibility index (Phi) is 5.52. The molecule has 0 saturated heterocycles. The van der Waals surface area contributed by atoms with Crippen molar-refractivity contribution in [3.8, 4) is 0 Å². The van der Waals surface area contributed by atoms with Gasteiger partial charge in [0.25, 0.3) is 5.56 Å². The van der Waals surface area contributed by atoms with Gasteiger partial charge in [-0.25, -0.2) is 4.79 Å². The van der Waals surface area contributed by atoms with E-state index in [9.17, 15) is 14.4 Å². The molecule has 6 heteroatoms. The van der Waals surface area contributed by atoms with Crippen molar-refractivity contribution in [1.29, 1.82) is 0 Å². The van der Waals surface area contributed by atoms with Crippen LogP contribution in [0.4, 0.5) is 0 Å². The topological polar surface area (TPSA) is 64.3 Å². The maximum absolute atomic E-state index is 12.4. The normalized spacial score (nSPS) is 11.0. The van der Waals surface area contributed by atoms with Crippen molar-refractivity contribution in [3.05, 3.63) is 74.6 Å². The van der Waals surface area contributed by atoms with Gasteiger partial charge in [0, 0.05) is 39.5 Å². The summed E-state index contributed by atoms with van der Waals surface area (Å²) in [6.07, 6.45) is 4.26. The number of likely N-dealkylation sites (N-methyl/N-ethyl adjacent to an activating group) is 1. The number of rotatable bonds is 5. The van der Waals surface area contributed by atoms with Crippen LogP contribution in [-0.2, 0) is 25.4 Å². The van der Waals surface area contributed by atoms with E-state index >= 15 is 0 Å². The highest BCUT2D eigenvalue weighted by Gasteiger charge is 2.10. The average molecular weight is 327 g/mol. The fraction of sp³-hybridized carbons (Fsp3) is 0.278. The number of carbonyl (C=O) groups excluding carboxylic acids is 1. The van der Waals surface area contributed by atoms with E-state index in [4.69, 9.17) is 0 Å². The van der Waals surface area contributed by atoms with Crippen molar-refractivity contribution in [2.45, 2.75) is 13.5 Å². The first kappa shape index (κ1) is 17.5. The van der Waals surface area contributed by atoms with Gasteiger partial charge in [-0.3, -0.25) is 14.2 Å². The van der Waals surface area contributed by atoms with Gasteiger partial charge in [0.2, 0.25) is 5.91 Å². The summed E-state index contributed by atoms with van der Waals surface area (Å²) in [5.74, 6) is -0.183. The van der Waals surface area contributed by atoms with Crippen LogP contribution in [0.1, 0.15) is 18.1 Å². The lowest BCUT2D eigenvalue weighted by atomic mass is 10.2. The Morgan fingerprint density at radius 2 is 1.83 bits per heavy atom. The SMILES string of the molecule is CCN(Cc1ccccc1)C(=O)/C=C/c1cn(C)c(=O)n(C)c1=O. The molecule has 6 nitrogen and oxygen atoms in total. The van der Waals surface area contributed by atoms with Gasteiger partial charge in [0.15, 0.2) is 0 Å². The second-order valence-corrected chi connectivity index (χ2v) is 5.51. The number of amides is 1. The first-order chi connectivity index (χ1) is 11.4. The van der Waals surface area contributed by atoms with Crippen LogP contribution in [0.2, 0.25) is 0 Å². The third-order valence-corrected chi connectivity index (χ3v) is 3.79. The molecule has 126 valence electrons. The Hall–Kier alpha value is -2.89. The van der Waals surface area contributed by atoms with Crippen LogP contribution in [0.25, 0.3) is 6.08 Å². The minimum absolute atomic E-state index is 0.183. The summed E-state index contributed by atoms with van der Waals surface area (Å²) < 4.78 is 2.33. The van der Waals surface area contributed by atoms with Gasteiger partial charge < -0.3 is 9.47 Å². The predicted molar refractivity (Wildman–Crippen MR) is 93.5 cm³/mol. The maximum atomic E-state index is 12.4. The molecule has 0 radical (unpaired) electrons.